The first kappa shape index (κ1) is 14.0. The maximum absolute atomic E-state index is 12.7. The molecule has 1 aliphatic rings. The maximum atomic E-state index is 12.7. The zero-order valence-electron chi connectivity index (χ0n) is 10.6. The number of rotatable bonds is 3. The summed E-state index contributed by atoms with van der Waals surface area (Å²) >= 11 is 0. The third-order valence-corrected chi connectivity index (χ3v) is 5.13. The summed E-state index contributed by atoms with van der Waals surface area (Å²) in [4.78, 5) is 11.9. The van der Waals surface area contributed by atoms with Crippen LogP contribution in [-0.2, 0) is 21.1 Å². The zero-order valence-corrected chi connectivity index (χ0v) is 11.5. The molecule has 0 aliphatic carbocycles. The lowest BCUT2D eigenvalue weighted by atomic mass is 10.0. The Morgan fingerprint density at radius 1 is 1.37 bits per heavy atom. The highest BCUT2D eigenvalue weighted by atomic mass is 32.2. The van der Waals surface area contributed by atoms with Crippen LogP contribution in [0.5, 0.6) is 0 Å². The van der Waals surface area contributed by atoms with E-state index in [1.807, 2.05) is 0 Å². The monoisotopic (exact) mass is 285 g/mol. The standard InChI is InChI=1S/C13H16FNO3S/c1-13(6-7-19(17,18)9-13)15-12(16)8-10-2-4-11(14)5-3-10/h2-5H,6-9H2,1H3,(H,15,16)/t13-/m0/s1. The summed E-state index contributed by atoms with van der Waals surface area (Å²) in [6.07, 6.45) is 0.556. The van der Waals surface area contributed by atoms with Gasteiger partial charge in [0.2, 0.25) is 5.91 Å². The number of benzene rings is 1. The number of hydrogen-bond donors (Lipinski definition) is 1. The van der Waals surface area contributed by atoms with Crippen LogP contribution in [0.15, 0.2) is 24.3 Å². The van der Waals surface area contributed by atoms with Crippen molar-refractivity contribution in [2.45, 2.75) is 25.3 Å². The Balaban J connectivity index is 1.97. The highest BCUT2D eigenvalue weighted by Gasteiger charge is 2.39. The van der Waals surface area contributed by atoms with Gasteiger partial charge in [-0.1, -0.05) is 12.1 Å². The molecule has 1 heterocycles. The number of nitrogens with one attached hydrogen (secondary N) is 1. The van der Waals surface area contributed by atoms with Crippen molar-refractivity contribution in [2.24, 2.45) is 0 Å². The molecule has 1 saturated heterocycles. The van der Waals surface area contributed by atoms with Crippen LogP contribution < -0.4 is 5.32 Å². The fourth-order valence-corrected chi connectivity index (χ4v) is 4.37. The van der Waals surface area contributed by atoms with E-state index in [0.29, 0.717) is 12.0 Å². The lowest BCUT2D eigenvalue weighted by Gasteiger charge is -2.23. The first-order chi connectivity index (χ1) is 8.78. The summed E-state index contributed by atoms with van der Waals surface area (Å²) in [5, 5.41) is 2.76. The van der Waals surface area contributed by atoms with Crippen molar-refractivity contribution in [3.8, 4) is 0 Å². The normalized spacial score (nSPS) is 25.2. The fraction of sp³-hybridized carbons (Fsp3) is 0.462. The van der Waals surface area contributed by atoms with Crippen LogP contribution in [0.4, 0.5) is 4.39 Å². The summed E-state index contributed by atoms with van der Waals surface area (Å²) in [5.74, 6) is -0.501. The Kier molecular flexibility index (Phi) is 3.62. The second kappa shape index (κ2) is 4.92. The van der Waals surface area contributed by atoms with Gasteiger partial charge in [0.25, 0.3) is 0 Å². The summed E-state index contributed by atoms with van der Waals surface area (Å²) in [6.45, 7) is 1.74. The SMILES string of the molecule is C[C@]1(NC(=O)Cc2ccc(F)cc2)CCS(=O)(=O)C1. The topological polar surface area (TPSA) is 63.2 Å². The van der Waals surface area contributed by atoms with Crippen molar-refractivity contribution < 1.29 is 17.6 Å². The Morgan fingerprint density at radius 2 is 2.00 bits per heavy atom. The predicted molar refractivity (Wildman–Crippen MR) is 69.9 cm³/mol. The first-order valence-electron chi connectivity index (χ1n) is 6.04. The molecular formula is C13H16FNO3S. The molecule has 1 atom stereocenters. The quantitative estimate of drug-likeness (QED) is 0.903. The fourth-order valence-electron chi connectivity index (χ4n) is 2.28. The van der Waals surface area contributed by atoms with Gasteiger partial charge in [0.05, 0.1) is 23.5 Å². The summed E-state index contributed by atoms with van der Waals surface area (Å²) in [5.41, 5.74) is 0.0130. The van der Waals surface area contributed by atoms with Crippen LogP contribution in [0.25, 0.3) is 0 Å². The minimum Gasteiger partial charge on any atom is -0.350 e. The van der Waals surface area contributed by atoms with Crippen molar-refractivity contribution in [1.29, 1.82) is 0 Å². The average Bonchev–Trinajstić information content (AvgIpc) is 2.56. The highest BCUT2D eigenvalue weighted by Crippen LogP contribution is 2.22. The van der Waals surface area contributed by atoms with Gasteiger partial charge in [0.15, 0.2) is 9.84 Å². The Labute approximate surface area is 111 Å². The van der Waals surface area contributed by atoms with E-state index in [2.05, 4.69) is 5.32 Å². The van der Waals surface area contributed by atoms with Crippen molar-refractivity contribution in [3.05, 3.63) is 35.6 Å². The van der Waals surface area contributed by atoms with Crippen LogP contribution in [-0.4, -0.2) is 31.4 Å². The Bertz CT molecular complexity index is 582. The van der Waals surface area contributed by atoms with Gasteiger partial charge in [-0.2, -0.15) is 0 Å². The smallest absolute Gasteiger partial charge is 0.224 e. The van der Waals surface area contributed by atoms with E-state index in [4.69, 9.17) is 0 Å². The number of amides is 1. The third-order valence-electron chi connectivity index (χ3n) is 3.22. The van der Waals surface area contributed by atoms with Gasteiger partial charge in [-0.3, -0.25) is 4.79 Å². The molecule has 0 bridgehead atoms. The lowest BCUT2D eigenvalue weighted by Crippen LogP contribution is -2.47. The summed E-state index contributed by atoms with van der Waals surface area (Å²) in [6, 6.07) is 5.68. The van der Waals surface area contributed by atoms with Crippen LogP contribution in [0.1, 0.15) is 18.9 Å². The average molecular weight is 285 g/mol. The highest BCUT2D eigenvalue weighted by molar-refractivity contribution is 7.91. The molecule has 0 unspecified atom stereocenters. The molecule has 0 radical (unpaired) electrons. The summed E-state index contributed by atoms with van der Waals surface area (Å²) in [7, 11) is -3.04. The van der Waals surface area contributed by atoms with Gasteiger partial charge in [-0.15, -0.1) is 0 Å². The predicted octanol–water partition coefficient (Wildman–Crippen LogP) is 1.06. The molecule has 4 nitrogen and oxygen atoms in total. The lowest BCUT2D eigenvalue weighted by molar-refractivity contribution is -0.121. The Hall–Kier alpha value is -1.43. The largest absolute Gasteiger partial charge is 0.350 e. The maximum Gasteiger partial charge on any atom is 0.224 e. The Morgan fingerprint density at radius 3 is 2.53 bits per heavy atom. The molecule has 1 aliphatic heterocycles. The van der Waals surface area contributed by atoms with Crippen LogP contribution in [0.2, 0.25) is 0 Å². The molecule has 1 N–H and O–H groups in total. The molecule has 0 spiro atoms. The molecule has 0 saturated carbocycles. The van der Waals surface area contributed by atoms with Gasteiger partial charge in [-0.05, 0) is 31.0 Å². The van der Waals surface area contributed by atoms with Gasteiger partial charge in [0.1, 0.15) is 5.82 Å². The summed E-state index contributed by atoms with van der Waals surface area (Å²) < 4.78 is 35.6. The molecule has 2 rings (SSSR count). The van der Waals surface area contributed by atoms with Crippen molar-refractivity contribution in [3.63, 3.8) is 0 Å². The van der Waals surface area contributed by atoms with E-state index in [-0.39, 0.29) is 29.7 Å². The zero-order chi connectivity index (χ0) is 14.1. The number of halogens is 1. The number of carbonyl (C=O) groups is 1. The molecular weight excluding hydrogens is 269 g/mol. The molecule has 1 fully saturated rings. The minimum absolute atomic E-state index is 0.0187. The van der Waals surface area contributed by atoms with Crippen molar-refractivity contribution >= 4 is 15.7 Å². The molecule has 1 amide bonds. The molecule has 1 aromatic carbocycles. The molecule has 19 heavy (non-hydrogen) atoms. The number of hydrogen-bond acceptors (Lipinski definition) is 3. The first-order valence-corrected chi connectivity index (χ1v) is 7.86. The van der Waals surface area contributed by atoms with Crippen LogP contribution >= 0.6 is 0 Å². The van der Waals surface area contributed by atoms with Crippen molar-refractivity contribution in [1.82, 2.24) is 5.32 Å². The van der Waals surface area contributed by atoms with E-state index in [1.165, 1.54) is 12.1 Å². The third kappa shape index (κ3) is 3.76. The van der Waals surface area contributed by atoms with E-state index >= 15 is 0 Å². The van der Waals surface area contributed by atoms with E-state index in [1.54, 1.807) is 19.1 Å². The minimum atomic E-state index is -3.04. The van der Waals surface area contributed by atoms with Crippen LogP contribution in [0, 0.1) is 5.82 Å². The van der Waals surface area contributed by atoms with E-state index < -0.39 is 15.4 Å². The molecule has 0 aromatic heterocycles. The van der Waals surface area contributed by atoms with Crippen molar-refractivity contribution in [2.75, 3.05) is 11.5 Å². The van der Waals surface area contributed by atoms with Crippen LogP contribution in [0.3, 0.4) is 0 Å². The van der Waals surface area contributed by atoms with Gasteiger partial charge in [0, 0.05) is 0 Å². The van der Waals surface area contributed by atoms with Gasteiger partial charge >= 0.3 is 0 Å². The molecule has 1 aromatic rings. The second-order valence-electron chi connectivity index (χ2n) is 5.25. The second-order valence-corrected chi connectivity index (χ2v) is 7.44. The van der Waals surface area contributed by atoms with E-state index in [0.717, 1.165) is 0 Å². The van der Waals surface area contributed by atoms with Gasteiger partial charge < -0.3 is 5.32 Å². The molecule has 6 heteroatoms. The molecule has 104 valence electrons. The number of sulfone groups is 1. The van der Waals surface area contributed by atoms with Gasteiger partial charge in [-0.25, -0.2) is 12.8 Å². The van der Waals surface area contributed by atoms with E-state index in [9.17, 15) is 17.6 Å². The number of carbonyl (C=O) groups excluding carboxylic acids is 1.